The van der Waals surface area contributed by atoms with E-state index in [1.807, 2.05) is 0 Å². The molecule has 4 nitrogen and oxygen atoms in total. The smallest absolute Gasteiger partial charge is 0.407 e. The van der Waals surface area contributed by atoms with E-state index in [2.05, 4.69) is 51.2 Å². The molecule has 0 spiro atoms. The van der Waals surface area contributed by atoms with Gasteiger partial charge in [-0.05, 0) is 92.4 Å². The molecule has 2 atom stereocenters. The van der Waals surface area contributed by atoms with Gasteiger partial charge in [0.25, 0.3) is 0 Å². The van der Waals surface area contributed by atoms with E-state index in [0.29, 0.717) is 24.0 Å². The lowest BCUT2D eigenvalue weighted by Crippen LogP contribution is -2.49. The zero-order valence-electron chi connectivity index (χ0n) is 17.8. The van der Waals surface area contributed by atoms with Crippen LogP contribution in [0.1, 0.15) is 70.9 Å². The third kappa shape index (κ3) is 4.01. The van der Waals surface area contributed by atoms with Crippen molar-refractivity contribution >= 4 is 6.09 Å². The van der Waals surface area contributed by atoms with Crippen LogP contribution in [0.3, 0.4) is 0 Å². The Morgan fingerprint density at radius 1 is 1.11 bits per heavy atom. The van der Waals surface area contributed by atoms with Crippen LogP contribution in [0, 0.1) is 17.3 Å². The fourth-order valence-corrected chi connectivity index (χ4v) is 5.33. The van der Waals surface area contributed by atoms with Crippen LogP contribution in [0.2, 0.25) is 0 Å². The van der Waals surface area contributed by atoms with Crippen molar-refractivity contribution in [3.05, 3.63) is 29.3 Å². The summed E-state index contributed by atoms with van der Waals surface area (Å²) in [5, 5.41) is 3.02. The topological polar surface area (TPSA) is 47.6 Å². The molecule has 0 radical (unpaired) electrons. The first-order chi connectivity index (χ1) is 13.2. The molecule has 154 valence electrons. The van der Waals surface area contributed by atoms with Crippen LogP contribution in [0.15, 0.2) is 18.2 Å². The van der Waals surface area contributed by atoms with Crippen molar-refractivity contribution in [2.75, 3.05) is 6.61 Å². The maximum Gasteiger partial charge on any atom is 0.407 e. The molecule has 4 rings (SSSR count). The zero-order valence-corrected chi connectivity index (χ0v) is 17.8. The number of hydrogen-bond donors (Lipinski definition) is 1. The number of alkyl carbamates (subject to hydrolysis) is 1. The number of benzene rings is 1. The van der Waals surface area contributed by atoms with Gasteiger partial charge in [-0.15, -0.1) is 0 Å². The van der Waals surface area contributed by atoms with Crippen molar-refractivity contribution in [1.29, 1.82) is 0 Å². The van der Waals surface area contributed by atoms with Crippen LogP contribution in [0.4, 0.5) is 4.79 Å². The number of ether oxygens (including phenoxy) is 2. The van der Waals surface area contributed by atoms with Crippen molar-refractivity contribution < 1.29 is 14.3 Å². The summed E-state index contributed by atoms with van der Waals surface area (Å²) in [6.45, 7) is 9.67. The normalized spacial score (nSPS) is 33.0. The van der Waals surface area contributed by atoms with Gasteiger partial charge in [-0.3, -0.25) is 0 Å². The minimum Gasteiger partial charge on any atom is -0.490 e. The minimum absolute atomic E-state index is 0.240. The van der Waals surface area contributed by atoms with Gasteiger partial charge in [-0.2, -0.15) is 0 Å². The molecule has 1 aromatic rings. The standard InChI is InChI=1S/C24H35NO3/c1-23(2,3)18-8-11-20(12-9-18)28-21-10-6-16-13-19(7-5-17(16)14-21)24(4)15-27-22(26)25-24/h6,10,14,18-20H,5,7-9,11-13,15H2,1-4H3,(H,25,26)/t18-,19-,20-,24-/m0/s1. The second kappa shape index (κ2) is 7.27. The average molecular weight is 386 g/mol. The van der Waals surface area contributed by atoms with Gasteiger partial charge < -0.3 is 14.8 Å². The monoisotopic (exact) mass is 385 g/mol. The summed E-state index contributed by atoms with van der Waals surface area (Å²) in [5.41, 5.74) is 2.97. The van der Waals surface area contributed by atoms with Crippen molar-refractivity contribution in [2.45, 2.75) is 84.3 Å². The average Bonchev–Trinajstić information content (AvgIpc) is 3.01. The van der Waals surface area contributed by atoms with E-state index < -0.39 is 0 Å². The third-order valence-electron chi connectivity index (χ3n) is 7.40. The van der Waals surface area contributed by atoms with Crippen LogP contribution in [0.5, 0.6) is 5.75 Å². The van der Waals surface area contributed by atoms with Gasteiger partial charge in [0.2, 0.25) is 0 Å². The SMILES string of the molecule is CC(C)(C)[C@H]1CC[C@H](Oc2ccc3c(c2)CC[C@H]([C@]2(C)COC(=O)N2)C3)CC1. The first-order valence-electron chi connectivity index (χ1n) is 11.0. The predicted octanol–water partition coefficient (Wildman–Crippen LogP) is 5.27. The Hall–Kier alpha value is -1.71. The van der Waals surface area contributed by atoms with Gasteiger partial charge in [0.05, 0.1) is 11.6 Å². The van der Waals surface area contributed by atoms with E-state index in [9.17, 15) is 4.79 Å². The molecule has 3 aliphatic rings. The maximum atomic E-state index is 11.5. The highest BCUT2D eigenvalue weighted by Gasteiger charge is 2.43. The molecule has 1 saturated carbocycles. The Labute approximate surface area is 169 Å². The van der Waals surface area contributed by atoms with Crippen molar-refractivity contribution in [3.8, 4) is 5.75 Å². The largest absolute Gasteiger partial charge is 0.490 e. The summed E-state index contributed by atoms with van der Waals surface area (Å²) in [5.74, 6) is 2.26. The van der Waals surface area contributed by atoms with E-state index in [0.717, 1.165) is 30.9 Å². The molecule has 2 fully saturated rings. The fraction of sp³-hybridized carbons (Fsp3) is 0.708. The first kappa shape index (κ1) is 19.6. The minimum atomic E-state index is -0.279. The molecular weight excluding hydrogens is 350 g/mol. The molecular formula is C24H35NO3. The second-order valence-electron chi connectivity index (χ2n) is 10.4. The van der Waals surface area contributed by atoms with Gasteiger partial charge in [-0.1, -0.05) is 26.8 Å². The number of nitrogens with one attached hydrogen (secondary N) is 1. The molecule has 28 heavy (non-hydrogen) atoms. The maximum absolute atomic E-state index is 11.5. The molecule has 0 bridgehead atoms. The molecule has 2 aliphatic carbocycles. The fourth-order valence-electron chi connectivity index (χ4n) is 5.33. The molecule has 1 saturated heterocycles. The van der Waals surface area contributed by atoms with Gasteiger partial charge in [-0.25, -0.2) is 4.79 Å². The lowest BCUT2D eigenvalue weighted by atomic mass is 9.72. The molecule has 0 aromatic heterocycles. The first-order valence-corrected chi connectivity index (χ1v) is 11.0. The van der Waals surface area contributed by atoms with Gasteiger partial charge >= 0.3 is 6.09 Å². The van der Waals surface area contributed by atoms with Gasteiger partial charge in [0.15, 0.2) is 0 Å². The van der Waals surface area contributed by atoms with Gasteiger partial charge in [0.1, 0.15) is 12.4 Å². The molecule has 1 amide bonds. The highest BCUT2D eigenvalue weighted by atomic mass is 16.6. The number of fused-ring (bicyclic) bond motifs is 1. The predicted molar refractivity (Wildman–Crippen MR) is 111 cm³/mol. The highest BCUT2D eigenvalue weighted by molar-refractivity contribution is 5.70. The third-order valence-corrected chi connectivity index (χ3v) is 7.40. The Morgan fingerprint density at radius 3 is 2.50 bits per heavy atom. The Morgan fingerprint density at radius 2 is 1.86 bits per heavy atom. The highest BCUT2D eigenvalue weighted by Crippen LogP contribution is 2.40. The molecule has 1 aromatic carbocycles. The molecule has 4 heteroatoms. The number of aryl methyl sites for hydroxylation is 1. The van der Waals surface area contributed by atoms with E-state index in [1.54, 1.807) is 0 Å². The second-order valence-corrected chi connectivity index (χ2v) is 10.4. The lowest BCUT2D eigenvalue weighted by Gasteiger charge is -2.37. The Kier molecular flexibility index (Phi) is 5.09. The number of hydrogen-bond acceptors (Lipinski definition) is 3. The summed E-state index contributed by atoms with van der Waals surface area (Å²) >= 11 is 0. The Balaban J connectivity index is 1.36. The molecule has 1 N–H and O–H groups in total. The number of carbonyl (C=O) groups is 1. The van der Waals surface area contributed by atoms with Crippen molar-refractivity contribution in [3.63, 3.8) is 0 Å². The summed E-state index contributed by atoms with van der Waals surface area (Å²) in [4.78, 5) is 11.5. The summed E-state index contributed by atoms with van der Waals surface area (Å²) in [6.07, 6.45) is 8.06. The number of carbonyl (C=O) groups excluding carboxylic acids is 1. The van der Waals surface area contributed by atoms with Crippen LogP contribution >= 0.6 is 0 Å². The van der Waals surface area contributed by atoms with Crippen molar-refractivity contribution in [1.82, 2.24) is 5.32 Å². The van der Waals surface area contributed by atoms with E-state index in [1.165, 1.54) is 36.8 Å². The molecule has 1 heterocycles. The molecule has 0 unspecified atom stereocenters. The number of cyclic esters (lactones) is 1. The molecule has 1 aliphatic heterocycles. The van der Waals surface area contributed by atoms with E-state index in [-0.39, 0.29) is 11.6 Å². The van der Waals surface area contributed by atoms with Crippen molar-refractivity contribution in [2.24, 2.45) is 17.3 Å². The van der Waals surface area contributed by atoms with E-state index in [4.69, 9.17) is 9.47 Å². The number of rotatable bonds is 3. The van der Waals surface area contributed by atoms with Gasteiger partial charge in [0, 0.05) is 0 Å². The van der Waals surface area contributed by atoms with Crippen LogP contribution in [-0.4, -0.2) is 24.3 Å². The summed E-state index contributed by atoms with van der Waals surface area (Å²) in [6, 6.07) is 6.63. The van der Waals surface area contributed by atoms with E-state index >= 15 is 0 Å². The quantitative estimate of drug-likeness (QED) is 0.771. The zero-order chi connectivity index (χ0) is 19.9. The van der Waals surface area contributed by atoms with Crippen LogP contribution in [-0.2, 0) is 17.6 Å². The summed E-state index contributed by atoms with van der Waals surface area (Å²) in [7, 11) is 0. The van der Waals surface area contributed by atoms with Crippen LogP contribution < -0.4 is 10.1 Å². The summed E-state index contributed by atoms with van der Waals surface area (Å²) < 4.78 is 11.5. The lowest BCUT2D eigenvalue weighted by molar-refractivity contribution is 0.0881. The number of amides is 1. The Bertz CT molecular complexity index is 730. The van der Waals surface area contributed by atoms with Crippen LogP contribution in [0.25, 0.3) is 0 Å².